The van der Waals surface area contributed by atoms with Crippen LogP contribution >= 0.6 is 0 Å². The summed E-state index contributed by atoms with van der Waals surface area (Å²) in [5.74, 6) is 0. The first-order valence-corrected chi connectivity index (χ1v) is 5.32. The fourth-order valence-corrected chi connectivity index (χ4v) is 1.86. The Kier molecular flexibility index (Phi) is 2.68. The summed E-state index contributed by atoms with van der Waals surface area (Å²) in [5.41, 5.74) is 3.23. The van der Waals surface area contributed by atoms with Gasteiger partial charge in [-0.2, -0.15) is 10.2 Å². The zero-order valence-corrected chi connectivity index (χ0v) is 10.1. The molecular formula is C11H17N5. The number of aromatic nitrogens is 4. The lowest BCUT2D eigenvalue weighted by atomic mass is 10.2. The first kappa shape index (κ1) is 10.7. The zero-order chi connectivity index (χ0) is 11.7. The summed E-state index contributed by atoms with van der Waals surface area (Å²) in [6.07, 6.45) is 3.80. The maximum absolute atomic E-state index is 4.30. The Hall–Kier alpha value is -1.78. The van der Waals surface area contributed by atoms with E-state index in [4.69, 9.17) is 0 Å². The Morgan fingerprint density at radius 3 is 2.62 bits per heavy atom. The van der Waals surface area contributed by atoms with Gasteiger partial charge in [0.05, 0.1) is 23.1 Å². The molecule has 1 atom stereocenters. The van der Waals surface area contributed by atoms with Crippen LogP contribution in [-0.2, 0) is 14.1 Å². The molecule has 0 spiro atoms. The molecule has 1 N–H and O–H groups in total. The monoisotopic (exact) mass is 219 g/mol. The van der Waals surface area contributed by atoms with Crippen LogP contribution in [0.25, 0.3) is 0 Å². The van der Waals surface area contributed by atoms with E-state index in [0.717, 1.165) is 17.1 Å². The van der Waals surface area contributed by atoms with Crippen molar-refractivity contribution < 1.29 is 0 Å². The van der Waals surface area contributed by atoms with E-state index in [1.807, 2.05) is 48.8 Å². The fourth-order valence-electron chi connectivity index (χ4n) is 1.86. The van der Waals surface area contributed by atoms with E-state index >= 15 is 0 Å². The summed E-state index contributed by atoms with van der Waals surface area (Å²) in [5, 5.41) is 11.9. The van der Waals surface area contributed by atoms with Gasteiger partial charge in [-0.1, -0.05) is 0 Å². The van der Waals surface area contributed by atoms with Crippen molar-refractivity contribution in [2.24, 2.45) is 14.1 Å². The van der Waals surface area contributed by atoms with Gasteiger partial charge in [0.25, 0.3) is 0 Å². The second kappa shape index (κ2) is 4.00. The molecule has 1 unspecified atom stereocenters. The Labute approximate surface area is 95.1 Å². The first-order valence-electron chi connectivity index (χ1n) is 5.32. The number of aryl methyl sites for hydroxylation is 3. The van der Waals surface area contributed by atoms with Crippen LogP contribution < -0.4 is 5.32 Å². The van der Waals surface area contributed by atoms with Crippen molar-refractivity contribution in [2.45, 2.75) is 19.9 Å². The summed E-state index contributed by atoms with van der Waals surface area (Å²) in [7, 11) is 3.87. The molecule has 0 bridgehead atoms. The molecule has 0 radical (unpaired) electrons. The van der Waals surface area contributed by atoms with Crippen LogP contribution in [0, 0.1) is 6.92 Å². The third-order valence-corrected chi connectivity index (χ3v) is 2.69. The van der Waals surface area contributed by atoms with Crippen molar-refractivity contribution in [3.05, 3.63) is 29.8 Å². The van der Waals surface area contributed by atoms with Gasteiger partial charge >= 0.3 is 0 Å². The molecule has 0 aromatic carbocycles. The van der Waals surface area contributed by atoms with Gasteiger partial charge < -0.3 is 5.32 Å². The summed E-state index contributed by atoms with van der Waals surface area (Å²) in [6.45, 7) is 4.11. The van der Waals surface area contributed by atoms with Crippen LogP contribution in [-0.4, -0.2) is 19.6 Å². The van der Waals surface area contributed by atoms with Gasteiger partial charge in [0, 0.05) is 26.5 Å². The van der Waals surface area contributed by atoms with Crippen molar-refractivity contribution in [2.75, 3.05) is 5.32 Å². The molecule has 0 fully saturated rings. The van der Waals surface area contributed by atoms with Crippen molar-refractivity contribution >= 4 is 5.69 Å². The highest BCUT2D eigenvalue weighted by molar-refractivity contribution is 5.47. The molecule has 0 aliphatic rings. The molecule has 0 saturated carbocycles. The van der Waals surface area contributed by atoms with Crippen molar-refractivity contribution in [1.29, 1.82) is 0 Å². The van der Waals surface area contributed by atoms with E-state index in [1.54, 1.807) is 0 Å². The maximum Gasteiger partial charge on any atom is 0.0825 e. The minimum absolute atomic E-state index is 0.218. The normalized spacial score (nSPS) is 12.8. The van der Waals surface area contributed by atoms with Crippen LogP contribution in [0.1, 0.15) is 24.4 Å². The third-order valence-electron chi connectivity index (χ3n) is 2.69. The second-order valence-corrected chi connectivity index (χ2v) is 4.05. The van der Waals surface area contributed by atoms with Gasteiger partial charge in [0.2, 0.25) is 0 Å². The predicted octanol–water partition coefficient (Wildman–Crippen LogP) is 1.64. The Morgan fingerprint density at radius 2 is 2.12 bits per heavy atom. The van der Waals surface area contributed by atoms with Crippen molar-refractivity contribution in [3.8, 4) is 0 Å². The van der Waals surface area contributed by atoms with Crippen LogP contribution in [0.15, 0.2) is 18.5 Å². The third kappa shape index (κ3) is 1.93. The van der Waals surface area contributed by atoms with E-state index in [2.05, 4.69) is 22.4 Å². The minimum Gasteiger partial charge on any atom is -0.374 e. The van der Waals surface area contributed by atoms with E-state index in [9.17, 15) is 0 Å². The molecular weight excluding hydrogens is 202 g/mol. The molecule has 2 rings (SSSR count). The number of hydrogen-bond donors (Lipinski definition) is 1. The average Bonchev–Trinajstić information content (AvgIpc) is 2.74. The average molecular weight is 219 g/mol. The van der Waals surface area contributed by atoms with Gasteiger partial charge in [-0.3, -0.25) is 9.36 Å². The SMILES string of the molecule is Cc1nn(C)cc1NC(C)c1ccnn1C. The van der Waals surface area contributed by atoms with Gasteiger partial charge in [-0.15, -0.1) is 0 Å². The molecule has 16 heavy (non-hydrogen) atoms. The lowest BCUT2D eigenvalue weighted by molar-refractivity contribution is 0.675. The molecule has 5 nitrogen and oxygen atoms in total. The van der Waals surface area contributed by atoms with E-state index in [1.165, 1.54) is 0 Å². The van der Waals surface area contributed by atoms with Gasteiger partial charge in [0.1, 0.15) is 0 Å². The Balaban J connectivity index is 2.16. The topological polar surface area (TPSA) is 47.7 Å². The molecule has 0 saturated heterocycles. The summed E-state index contributed by atoms with van der Waals surface area (Å²) in [4.78, 5) is 0. The van der Waals surface area contributed by atoms with Crippen LogP contribution in [0.3, 0.4) is 0 Å². The maximum atomic E-state index is 4.30. The largest absolute Gasteiger partial charge is 0.374 e. The first-order chi connectivity index (χ1) is 7.58. The minimum atomic E-state index is 0.218. The molecule has 0 aliphatic carbocycles. The zero-order valence-electron chi connectivity index (χ0n) is 10.1. The van der Waals surface area contributed by atoms with E-state index in [-0.39, 0.29) is 6.04 Å². The smallest absolute Gasteiger partial charge is 0.0825 e. The van der Waals surface area contributed by atoms with Crippen molar-refractivity contribution in [1.82, 2.24) is 19.6 Å². The number of nitrogens with zero attached hydrogens (tertiary/aromatic N) is 4. The van der Waals surface area contributed by atoms with Gasteiger partial charge in [-0.25, -0.2) is 0 Å². The van der Waals surface area contributed by atoms with Crippen LogP contribution in [0.4, 0.5) is 5.69 Å². The van der Waals surface area contributed by atoms with E-state index in [0.29, 0.717) is 0 Å². The van der Waals surface area contributed by atoms with Gasteiger partial charge in [0.15, 0.2) is 0 Å². The highest BCUT2D eigenvalue weighted by atomic mass is 15.3. The Morgan fingerprint density at radius 1 is 1.38 bits per heavy atom. The molecule has 86 valence electrons. The second-order valence-electron chi connectivity index (χ2n) is 4.05. The molecule has 2 heterocycles. The number of rotatable bonds is 3. The number of nitrogens with one attached hydrogen (secondary N) is 1. The number of hydrogen-bond acceptors (Lipinski definition) is 3. The quantitative estimate of drug-likeness (QED) is 0.853. The van der Waals surface area contributed by atoms with Crippen molar-refractivity contribution in [3.63, 3.8) is 0 Å². The lowest BCUT2D eigenvalue weighted by Crippen LogP contribution is -2.11. The highest BCUT2D eigenvalue weighted by Crippen LogP contribution is 2.20. The lowest BCUT2D eigenvalue weighted by Gasteiger charge is -2.14. The molecule has 5 heteroatoms. The molecule has 2 aromatic rings. The van der Waals surface area contributed by atoms with Crippen LogP contribution in [0.2, 0.25) is 0 Å². The molecule has 2 aromatic heterocycles. The van der Waals surface area contributed by atoms with Gasteiger partial charge in [-0.05, 0) is 19.9 Å². The standard InChI is InChI=1S/C11H17N5/c1-8-10(7-15(3)14-8)13-9(2)11-5-6-12-16(11)4/h5-7,9,13H,1-4H3. The fraction of sp³-hybridized carbons (Fsp3) is 0.455. The highest BCUT2D eigenvalue weighted by Gasteiger charge is 2.11. The van der Waals surface area contributed by atoms with Crippen LogP contribution in [0.5, 0.6) is 0 Å². The summed E-state index contributed by atoms with van der Waals surface area (Å²) >= 11 is 0. The Bertz CT molecular complexity index is 482. The summed E-state index contributed by atoms with van der Waals surface area (Å²) < 4.78 is 3.69. The van der Waals surface area contributed by atoms with E-state index < -0.39 is 0 Å². The molecule has 0 amide bonds. The summed E-state index contributed by atoms with van der Waals surface area (Å²) in [6, 6.07) is 2.24. The molecule has 0 aliphatic heterocycles. The number of anilines is 1. The predicted molar refractivity (Wildman–Crippen MR) is 63.2 cm³/mol.